The number of carbonyl (C=O) groups is 1. The monoisotopic (exact) mass is 264 g/mol. The lowest BCUT2D eigenvalue weighted by atomic mass is 10.0. The van der Waals surface area contributed by atoms with E-state index in [0.717, 1.165) is 6.08 Å². The summed E-state index contributed by atoms with van der Waals surface area (Å²) in [6.07, 6.45) is 1.87. The summed E-state index contributed by atoms with van der Waals surface area (Å²) < 4.78 is 27.0. The molecule has 1 atom stereocenters. The van der Waals surface area contributed by atoms with Crippen molar-refractivity contribution in [2.24, 2.45) is 5.73 Å². The van der Waals surface area contributed by atoms with E-state index in [4.69, 9.17) is 5.73 Å². The number of alkyl halides is 1. The van der Waals surface area contributed by atoms with E-state index in [2.05, 4.69) is 5.32 Å². The van der Waals surface area contributed by atoms with Gasteiger partial charge in [-0.2, -0.15) is 0 Å². The molecule has 1 aliphatic rings. The van der Waals surface area contributed by atoms with Gasteiger partial charge in [0.15, 0.2) is 11.6 Å². The molecule has 0 aliphatic heterocycles. The molecule has 0 amide bonds. The highest BCUT2D eigenvalue weighted by Crippen LogP contribution is 2.28. The molecule has 100 valence electrons. The lowest BCUT2D eigenvalue weighted by Crippen LogP contribution is -2.34. The molecule has 0 radical (unpaired) electrons. The van der Waals surface area contributed by atoms with E-state index in [0.29, 0.717) is 11.3 Å². The molecule has 3 nitrogen and oxygen atoms in total. The van der Waals surface area contributed by atoms with Crippen LogP contribution in [0.2, 0.25) is 0 Å². The Labute approximate surface area is 109 Å². The Balaban J connectivity index is 2.21. The van der Waals surface area contributed by atoms with Crippen molar-refractivity contribution < 1.29 is 13.6 Å². The average Bonchev–Trinajstić information content (AvgIpc) is 2.32. The number of hydrogen-bond donors (Lipinski definition) is 2. The number of anilines is 1. The summed E-state index contributed by atoms with van der Waals surface area (Å²) in [6.45, 7) is 1.45. The number of Topliss-reactive ketones (excluding diaryl/α,β-unsaturated/α-hetero) is 1. The first-order chi connectivity index (χ1) is 8.87. The fourth-order valence-electron chi connectivity index (χ4n) is 1.79. The predicted octanol–water partition coefficient (Wildman–Crippen LogP) is 3.07. The quantitative estimate of drug-likeness (QED) is 0.651. The summed E-state index contributed by atoms with van der Waals surface area (Å²) >= 11 is 0. The van der Waals surface area contributed by atoms with Gasteiger partial charge in [-0.25, -0.2) is 8.78 Å². The van der Waals surface area contributed by atoms with E-state index in [1.165, 1.54) is 13.0 Å². The van der Waals surface area contributed by atoms with Crippen LogP contribution in [0.5, 0.6) is 0 Å². The third kappa shape index (κ3) is 3.26. The minimum atomic E-state index is -2.14. The largest absolute Gasteiger partial charge is 0.353 e. The Bertz CT molecular complexity index is 577. The summed E-state index contributed by atoms with van der Waals surface area (Å²) in [6, 6.07) is 6.66. The van der Waals surface area contributed by atoms with Crippen molar-refractivity contribution >= 4 is 11.5 Å². The van der Waals surface area contributed by atoms with Crippen LogP contribution in [-0.4, -0.2) is 11.6 Å². The van der Waals surface area contributed by atoms with Crippen molar-refractivity contribution in [3.8, 4) is 0 Å². The van der Waals surface area contributed by atoms with Crippen LogP contribution in [0, 0.1) is 0 Å². The van der Waals surface area contributed by atoms with Crippen molar-refractivity contribution in [3.63, 3.8) is 0 Å². The molecule has 1 aliphatic carbocycles. The van der Waals surface area contributed by atoms with E-state index in [1.807, 2.05) is 0 Å². The molecule has 3 N–H and O–H groups in total. The van der Waals surface area contributed by atoms with Crippen LogP contribution in [0.4, 0.5) is 14.5 Å². The average molecular weight is 264 g/mol. The number of ketones is 1. The molecule has 2 rings (SSSR count). The molecule has 0 saturated carbocycles. The fraction of sp³-hybridized carbons (Fsp3) is 0.214. The van der Waals surface area contributed by atoms with Gasteiger partial charge >= 0.3 is 0 Å². The summed E-state index contributed by atoms with van der Waals surface area (Å²) in [5.74, 6) is -2.88. The van der Waals surface area contributed by atoms with Crippen LogP contribution >= 0.6 is 0 Å². The summed E-state index contributed by atoms with van der Waals surface area (Å²) in [5.41, 5.74) is 6.42. The van der Waals surface area contributed by atoms with Gasteiger partial charge in [-0.05, 0) is 31.2 Å². The molecule has 19 heavy (non-hydrogen) atoms. The van der Waals surface area contributed by atoms with Gasteiger partial charge in [0.2, 0.25) is 0 Å². The Hall–Kier alpha value is -2.01. The van der Waals surface area contributed by atoms with E-state index >= 15 is 0 Å². The molecule has 0 spiro atoms. The zero-order valence-corrected chi connectivity index (χ0v) is 10.4. The smallest absolute Gasteiger partial charge is 0.184 e. The van der Waals surface area contributed by atoms with Crippen LogP contribution < -0.4 is 11.1 Å². The van der Waals surface area contributed by atoms with Crippen molar-refractivity contribution in [1.29, 1.82) is 0 Å². The van der Waals surface area contributed by atoms with Crippen molar-refractivity contribution in [2.75, 3.05) is 5.32 Å². The van der Waals surface area contributed by atoms with Crippen molar-refractivity contribution in [2.45, 2.75) is 19.1 Å². The second-order valence-corrected chi connectivity index (χ2v) is 4.52. The van der Waals surface area contributed by atoms with Gasteiger partial charge in [-0.15, -0.1) is 0 Å². The predicted molar refractivity (Wildman–Crippen MR) is 70.0 cm³/mol. The lowest BCUT2D eigenvalue weighted by molar-refractivity contribution is 0.101. The zero-order chi connectivity index (χ0) is 14.0. The second kappa shape index (κ2) is 4.93. The van der Waals surface area contributed by atoms with Crippen molar-refractivity contribution in [1.82, 2.24) is 0 Å². The first-order valence-corrected chi connectivity index (χ1v) is 5.81. The van der Waals surface area contributed by atoms with E-state index < -0.39 is 18.0 Å². The topological polar surface area (TPSA) is 55.1 Å². The Morgan fingerprint density at radius 1 is 1.47 bits per heavy atom. The highest BCUT2D eigenvalue weighted by Gasteiger charge is 2.27. The minimum absolute atomic E-state index is 0.0815. The van der Waals surface area contributed by atoms with Gasteiger partial charge in [0.05, 0.1) is 12.1 Å². The second-order valence-electron chi connectivity index (χ2n) is 4.52. The maximum absolute atomic E-state index is 13.7. The molecule has 1 aromatic carbocycles. The summed E-state index contributed by atoms with van der Waals surface area (Å²) in [5, 5.41) is 2.81. The number of carbonyl (C=O) groups excluding carboxylic acids is 1. The number of hydrogen-bond acceptors (Lipinski definition) is 3. The maximum atomic E-state index is 13.7. The summed E-state index contributed by atoms with van der Waals surface area (Å²) in [7, 11) is 0. The Morgan fingerprint density at radius 3 is 2.84 bits per heavy atom. The Kier molecular flexibility index (Phi) is 3.48. The number of nitrogens with one attached hydrogen (secondary N) is 1. The van der Waals surface area contributed by atoms with Crippen LogP contribution in [0.25, 0.3) is 0 Å². The van der Waals surface area contributed by atoms with Gasteiger partial charge in [0, 0.05) is 11.3 Å². The number of benzene rings is 1. The highest BCUT2D eigenvalue weighted by atomic mass is 19.2. The summed E-state index contributed by atoms with van der Waals surface area (Å²) in [4.78, 5) is 11.2. The fourth-order valence-corrected chi connectivity index (χ4v) is 1.79. The molecule has 1 unspecified atom stereocenters. The Morgan fingerprint density at radius 2 is 2.21 bits per heavy atom. The molecular formula is C14H14F2N2O. The zero-order valence-electron chi connectivity index (χ0n) is 10.4. The SMILES string of the molecule is CC(=O)c1cccc(NC2=C(F)CC(N)(F)C=C2)c1. The van der Waals surface area contributed by atoms with E-state index in [9.17, 15) is 13.6 Å². The molecular weight excluding hydrogens is 250 g/mol. The van der Waals surface area contributed by atoms with Gasteiger partial charge < -0.3 is 5.32 Å². The first-order valence-electron chi connectivity index (χ1n) is 5.81. The number of halogens is 2. The van der Waals surface area contributed by atoms with Crippen LogP contribution in [0.1, 0.15) is 23.7 Å². The third-order valence-corrected chi connectivity index (χ3v) is 2.79. The van der Waals surface area contributed by atoms with Gasteiger partial charge in [0.25, 0.3) is 0 Å². The number of allylic oxidation sites excluding steroid dienone is 1. The van der Waals surface area contributed by atoms with Crippen LogP contribution in [0.3, 0.4) is 0 Å². The van der Waals surface area contributed by atoms with Crippen molar-refractivity contribution in [3.05, 3.63) is 53.5 Å². The molecule has 0 aromatic heterocycles. The minimum Gasteiger partial charge on any atom is -0.353 e. The molecule has 0 saturated heterocycles. The normalized spacial score (nSPS) is 22.5. The molecule has 0 fully saturated rings. The van der Waals surface area contributed by atoms with Crippen LogP contribution in [0.15, 0.2) is 47.9 Å². The molecule has 0 heterocycles. The molecule has 0 bridgehead atoms. The maximum Gasteiger partial charge on any atom is 0.184 e. The first kappa shape index (κ1) is 13.4. The standard InChI is InChI=1S/C14H14F2N2O/c1-9(19)10-3-2-4-11(7-10)18-13-5-6-14(16,17)8-12(13)15/h2-7,18H,8,17H2,1H3. The third-order valence-electron chi connectivity index (χ3n) is 2.79. The van der Waals surface area contributed by atoms with Crippen LogP contribution in [-0.2, 0) is 0 Å². The van der Waals surface area contributed by atoms with E-state index in [-0.39, 0.29) is 11.5 Å². The number of rotatable bonds is 3. The lowest BCUT2D eigenvalue weighted by Gasteiger charge is -2.21. The number of nitrogens with two attached hydrogens (primary N) is 1. The van der Waals surface area contributed by atoms with Gasteiger partial charge in [-0.1, -0.05) is 12.1 Å². The molecule has 5 heteroatoms. The van der Waals surface area contributed by atoms with E-state index in [1.54, 1.807) is 24.3 Å². The highest BCUT2D eigenvalue weighted by molar-refractivity contribution is 5.95. The van der Waals surface area contributed by atoms with Gasteiger partial charge in [-0.3, -0.25) is 10.5 Å². The molecule has 1 aromatic rings. The van der Waals surface area contributed by atoms with Gasteiger partial charge in [0.1, 0.15) is 5.83 Å².